The molecule has 1 aliphatic rings. The summed E-state index contributed by atoms with van der Waals surface area (Å²) in [6, 6.07) is 9.36. The quantitative estimate of drug-likeness (QED) is 0.768. The molecule has 0 saturated heterocycles. The molecule has 0 radical (unpaired) electrons. The van der Waals surface area contributed by atoms with Gasteiger partial charge >= 0.3 is 0 Å². The second kappa shape index (κ2) is 4.14. The molecule has 14 heavy (non-hydrogen) atoms. The summed E-state index contributed by atoms with van der Waals surface area (Å²) in [6.45, 7) is 5.70. The molecule has 0 aromatic heterocycles. The Morgan fingerprint density at radius 3 is 2.93 bits per heavy atom. The third-order valence-electron chi connectivity index (χ3n) is 3.26. The molecule has 1 nitrogen and oxygen atoms in total. The van der Waals surface area contributed by atoms with Crippen molar-refractivity contribution < 1.29 is 0 Å². The maximum Gasteiger partial charge on any atom is 0.0363 e. The third-order valence-corrected chi connectivity index (χ3v) is 3.26. The highest BCUT2D eigenvalue weighted by atomic mass is 14.9. The Kier molecular flexibility index (Phi) is 2.87. The van der Waals surface area contributed by atoms with Gasteiger partial charge in [0.1, 0.15) is 0 Å². The van der Waals surface area contributed by atoms with Crippen LogP contribution in [0.15, 0.2) is 24.3 Å². The van der Waals surface area contributed by atoms with E-state index in [4.69, 9.17) is 0 Å². The summed E-state index contributed by atoms with van der Waals surface area (Å²) in [5, 5.41) is 3.63. The molecule has 2 rings (SSSR count). The minimum absolute atomic E-state index is 0.625. The highest BCUT2D eigenvalue weighted by molar-refractivity contribution is 5.39. The molecule has 0 fully saturated rings. The van der Waals surface area contributed by atoms with Gasteiger partial charge in [0.2, 0.25) is 0 Å². The van der Waals surface area contributed by atoms with Gasteiger partial charge in [0.15, 0.2) is 0 Å². The van der Waals surface area contributed by atoms with Crippen LogP contribution in [0.2, 0.25) is 0 Å². The van der Waals surface area contributed by atoms with Gasteiger partial charge in [-0.25, -0.2) is 0 Å². The zero-order valence-electron chi connectivity index (χ0n) is 9.09. The Balaban J connectivity index is 1.87. The molecule has 1 heteroatoms. The van der Waals surface area contributed by atoms with Gasteiger partial charge < -0.3 is 5.32 Å². The average molecular weight is 189 g/mol. The van der Waals surface area contributed by atoms with Crippen molar-refractivity contribution in [1.82, 2.24) is 5.32 Å². The molecule has 1 N–H and O–H groups in total. The lowest BCUT2D eigenvalue weighted by Gasteiger charge is -2.31. The fourth-order valence-corrected chi connectivity index (χ4v) is 1.93. The Morgan fingerprint density at radius 2 is 2.21 bits per heavy atom. The van der Waals surface area contributed by atoms with Gasteiger partial charge in [0.25, 0.3) is 0 Å². The number of fused-ring (bicyclic) bond motifs is 1. The third kappa shape index (κ3) is 1.83. The molecule has 2 atom stereocenters. The fraction of sp³-hybridized carbons (Fsp3) is 0.538. The van der Waals surface area contributed by atoms with Gasteiger partial charge in [-0.3, -0.25) is 0 Å². The predicted octanol–water partition coefficient (Wildman–Crippen LogP) is 2.92. The maximum absolute atomic E-state index is 3.63. The van der Waals surface area contributed by atoms with E-state index in [0.29, 0.717) is 6.04 Å². The summed E-state index contributed by atoms with van der Waals surface area (Å²) in [6.07, 6.45) is 2.48. The van der Waals surface area contributed by atoms with Crippen molar-refractivity contribution in [2.45, 2.75) is 32.7 Å². The van der Waals surface area contributed by atoms with Crippen molar-refractivity contribution >= 4 is 0 Å². The molecule has 0 heterocycles. The molecule has 1 aromatic rings. The molecule has 1 aliphatic carbocycles. The normalized spacial score (nSPS) is 21.1. The van der Waals surface area contributed by atoms with Crippen molar-refractivity contribution in [1.29, 1.82) is 0 Å². The molecular weight excluding hydrogens is 170 g/mol. The Morgan fingerprint density at radius 1 is 1.43 bits per heavy atom. The molecule has 0 bridgehead atoms. The number of hydrogen-bond acceptors (Lipinski definition) is 1. The summed E-state index contributed by atoms with van der Waals surface area (Å²) in [5.74, 6) is 0.794. The first-order chi connectivity index (χ1) is 6.81. The van der Waals surface area contributed by atoms with Gasteiger partial charge in [-0.05, 0) is 30.0 Å². The van der Waals surface area contributed by atoms with Crippen LogP contribution in [0.5, 0.6) is 0 Å². The van der Waals surface area contributed by atoms with E-state index in [2.05, 4.69) is 43.4 Å². The standard InChI is InChI=1S/C13H19N/c1-3-10(2)9-14-13-8-11-6-4-5-7-12(11)13/h4-7,10,13-14H,3,8-9H2,1-2H3. The van der Waals surface area contributed by atoms with E-state index in [1.165, 1.54) is 24.0 Å². The van der Waals surface area contributed by atoms with Crippen molar-refractivity contribution in [3.63, 3.8) is 0 Å². The number of rotatable bonds is 4. The Labute approximate surface area is 86.5 Å². The largest absolute Gasteiger partial charge is 0.309 e. The monoisotopic (exact) mass is 189 g/mol. The Bertz CT molecular complexity index is 306. The van der Waals surface area contributed by atoms with Crippen LogP contribution in [0.3, 0.4) is 0 Å². The molecule has 0 amide bonds. The van der Waals surface area contributed by atoms with Crippen molar-refractivity contribution in [2.24, 2.45) is 5.92 Å². The van der Waals surface area contributed by atoms with E-state index in [0.717, 1.165) is 12.5 Å². The zero-order valence-corrected chi connectivity index (χ0v) is 9.09. The van der Waals surface area contributed by atoms with Gasteiger partial charge in [0, 0.05) is 6.04 Å². The van der Waals surface area contributed by atoms with Crippen LogP contribution in [-0.4, -0.2) is 6.54 Å². The smallest absolute Gasteiger partial charge is 0.0363 e. The van der Waals surface area contributed by atoms with Crippen molar-refractivity contribution in [3.05, 3.63) is 35.4 Å². The van der Waals surface area contributed by atoms with Crippen LogP contribution >= 0.6 is 0 Å². The lowest BCUT2D eigenvalue weighted by atomic mass is 9.83. The first-order valence-electron chi connectivity index (χ1n) is 5.62. The van der Waals surface area contributed by atoms with E-state index >= 15 is 0 Å². The predicted molar refractivity (Wildman–Crippen MR) is 60.3 cm³/mol. The maximum atomic E-state index is 3.63. The van der Waals surface area contributed by atoms with Crippen LogP contribution in [0.4, 0.5) is 0 Å². The minimum Gasteiger partial charge on any atom is -0.309 e. The first kappa shape index (κ1) is 9.72. The highest BCUT2D eigenvalue weighted by Crippen LogP contribution is 2.32. The zero-order chi connectivity index (χ0) is 9.97. The van der Waals surface area contributed by atoms with E-state index < -0.39 is 0 Å². The van der Waals surface area contributed by atoms with E-state index in [1.54, 1.807) is 0 Å². The van der Waals surface area contributed by atoms with Gasteiger partial charge in [-0.2, -0.15) is 0 Å². The SMILES string of the molecule is CCC(C)CNC1Cc2ccccc21. The fourth-order valence-electron chi connectivity index (χ4n) is 1.93. The second-order valence-corrected chi connectivity index (χ2v) is 4.38. The summed E-state index contributed by atoms with van der Waals surface area (Å²) < 4.78 is 0. The second-order valence-electron chi connectivity index (χ2n) is 4.38. The summed E-state index contributed by atoms with van der Waals surface area (Å²) in [5.41, 5.74) is 3.03. The minimum atomic E-state index is 0.625. The van der Waals surface area contributed by atoms with E-state index in [1.807, 2.05) is 0 Å². The van der Waals surface area contributed by atoms with Crippen LogP contribution in [0, 0.1) is 5.92 Å². The van der Waals surface area contributed by atoms with Crippen molar-refractivity contribution in [3.8, 4) is 0 Å². The van der Waals surface area contributed by atoms with Crippen molar-refractivity contribution in [2.75, 3.05) is 6.54 Å². The van der Waals surface area contributed by atoms with Crippen LogP contribution in [-0.2, 0) is 6.42 Å². The number of hydrogen-bond donors (Lipinski definition) is 1. The molecule has 0 saturated carbocycles. The van der Waals surface area contributed by atoms with E-state index in [-0.39, 0.29) is 0 Å². The molecule has 0 spiro atoms. The van der Waals surface area contributed by atoms with Crippen LogP contribution in [0.1, 0.15) is 37.4 Å². The Hall–Kier alpha value is -0.820. The van der Waals surface area contributed by atoms with E-state index in [9.17, 15) is 0 Å². The molecule has 76 valence electrons. The molecule has 0 aliphatic heterocycles. The van der Waals surface area contributed by atoms with Gasteiger partial charge in [0.05, 0.1) is 0 Å². The lowest BCUT2D eigenvalue weighted by molar-refractivity contribution is 0.418. The number of benzene rings is 1. The molecule has 2 unspecified atom stereocenters. The van der Waals surface area contributed by atoms with Gasteiger partial charge in [-0.15, -0.1) is 0 Å². The topological polar surface area (TPSA) is 12.0 Å². The lowest BCUT2D eigenvalue weighted by Crippen LogP contribution is -2.33. The summed E-state index contributed by atoms with van der Waals surface area (Å²) >= 11 is 0. The summed E-state index contributed by atoms with van der Waals surface area (Å²) in [7, 11) is 0. The molecular formula is C13H19N. The average Bonchev–Trinajstić information content (AvgIpc) is 2.19. The molecule has 1 aromatic carbocycles. The van der Waals surface area contributed by atoms with Crippen LogP contribution in [0.25, 0.3) is 0 Å². The summed E-state index contributed by atoms with van der Waals surface area (Å²) in [4.78, 5) is 0. The van der Waals surface area contributed by atoms with Gasteiger partial charge in [-0.1, -0.05) is 44.5 Å². The van der Waals surface area contributed by atoms with Crippen LogP contribution < -0.4 is 5.32 Å². The first-order valence-corrected chi connectivity index (χ1v) is 5.62. The number of nitrogens with one attached hydrogen (secondary N) is 1. The highest BCUT2D eigenvalue weighted by Gasteiger charge is 2.24.